The fraction of sp³-hybridized carbons (Fsp3) is 1.00. The molecule has 16 heavy (non-hydrogen) atoms. The van der Waals surface area contributed by atoms with Crippen LogP contribution in [-0.4, -0.2) is 37.6 Å². The van der Waals surface area contributed by atoms with E-state index in [1.165, 1.54) is 32.2 Å². The van der Waals surface area contributed by atoms with Gasteiger partial charge in [0, 0.05) is 18.6 Å². The normalized spacial score (nSPS) is 28.1. The second-order valence-electron chi connectivity index (χ2n) is 5.57. The number of nitrogens with zero attached hydrogens (tertiary/aromatic N) is 1. The third kappa shape index (κ3) is 3.74. The van der Waals surface area contributed by atoms with Crippen LogP contribution >= 0.6 is 0 Å². The van der Waals surface area contributed by atoms with Gasteiger partial charge in [0.2, 0.25) is 0 Å². The molecule has 1 fully saturated rings. The molecule has 1 aliphatic rings. The Morgan fingerprint density at radius 3 is 2.38 bits per heavy atom. The summed E-state index contributed by atoms with van der Waals surface area (Å²) in [5.41, 5.74) is 0. The molecule has 4 atom stereocenters. The van der Waals surface area contributed by atoms with E-state index in [2.05, 4.69) is 45.1 Å². The molecule has 0 aromatic heterocycles. The van der Waals surface area contributed by atoms with Crippen LogP contribution in [0.4, 0.5) is 0 Å². The second kappa shape index (κ2) is 6.61. The predicted octanol–water partition coefficient (Wildman–Crippen LogP) is 2.74. The summed E-state index contributed by atoms with van der Waals surface area (Å²) in [5, 5.41) is 3.50. The van der Waals surface area contributed by atoms with Gasteiger partial charge in [-0.25, -0.2) is 0 Å². The van der Waals surface area contributed by atoms with Gasteiger partial charge in [0.25, 0.3) is 0 Å². The minimum absolute atomic E-state index is 0.661. The fourth-order valence-corrected chi connectivity index (χ4v) is 2.90. The minimum Gasteiger partial charge on any atom is -0.315 e. The van der Waals surface area contributed by atoms with Crippen molar-refractivity contribution in [3.05, 3.63) is 0 Å². The number of rotatable bonds is 8. The van der Waals surface area contributed by atoms with Crippen molar-refractivity contribution in [2.75, 3.05) is 20.6 Å². The number of likely N-dealkylation sites (N-methyl/N-ethyl adjacent to an activating group) is 2. The van der Waals surface area contributed by atoms with Gasteiger partial charge in [-0.15, -0.1) is 0 Å². The van der Waals surface area contributed by atoms with Gasteiger partial charge in [0.15, 0.2) is 0 Å². The number of hydrogen-bond donors (Lipinski definition) is 1. The maximum Gasteiger partial charge on any atom is 0.0243 e. The highest BCUT2D eigenvalue weighted by molar-refractivity contribution is 4.88. The highest BCUT2D eigenvalue weighted by atomic mass is 15.2. The lowest BCUT2D eigenvalue weighted by Gasteiger charge is -2.34. The highest BCUT2D eigenvalue weighted by Gasteiger charge is 2.35. The van der Waals surface area contributed by atoms with Crippen LogP contribution in [0.25, 0.3) is 0 Å². The average Bonchev–Trinajstić information content (AvgIpc) is 2.94. The largest absolute Gasteiger partial charge is 0.315 e. The van der Waals surface area contributed by atoms with E-state index in [0.29, 0.717) is 12.1 Å². The molecule has 0 aromatic rings. The van der Waals surface area contributed by atoms with Crippen molar-refractivity contribution < 1.29 is 0 Å². The summed E-state index contributed by atoms with van der Waals surface area (Å²) in [5.74, 6) is 1.94. The molecule has 0 amide bonds. The first-order valence-corrected chi connectivity index (χ1v) is 7.01. The van der Waals surface area contributed by atoms with Crippen molar-refractivity contribution in [2.24, 2.45) is 11.8 Å². The summed E-state index contributed by atoms with van der Waals surface area (Å²) in [7, 11) is 4.41. The topological polar surface area (TPSA) is 15.3 Å². The lowest BCUT2D eigenvalue weighted by Crippen LogP contribution is -2.47. The van der Waals surface area contributed by atoms with Gasteiger partial charge >= 0.3 is 0 Å². The van der Waals surface area contributed by atoms with Gasteiger partial charge in [-0.05, 0) is 45.2 Å². The van der Waals surface area contributed by atoms with Crippen LogP contribution in [0, 0.1) is 11.8 Å². The van der Waals surface area contributed by atoms with Crippen LogP contribution in [0.5, 0.6) is 0 Å². The molecule has 1 rings (SSSR count). The molecule has 0 radical (unpaired) electrons. The molecule has 0 saturated heterocycles. The number of hydrogen-bond acceptors (Lipinski definition) is 2. The van der Waals surface area contributed by atoms with E-state index in [1.807, 2.05) is 0 Å². The Morgan fingerprint density at radius 2 is 2.00 bits per heavy atom. The Balaban J connectivity index is 2.43. The van der Waals surface area contributed by atoms with Crippen LogP contribution in [0.3, 0.4) is 0 Å². The van der Waals surface area contributed by atoms with E-state index in [4.69, 9.17) is 0 Å². The van der Waals surface area contributed by atoms with Crippen molar-refractivity contribution >= 4 is 0 Å². The molecule has 1 aliphatic carbocycles. The highest BCUT2D eigenvalue weighted by Crippen LogP contribution is 2.38. The zero-order valence-corrected chi connectivity index (χ0v) is 11.8. The molecule has 1 N–H and O–H groups in total. The molecular formula is C14H30N2. The third-order valence-corrected chi connectivity index (χ3v) is 4.22. The zero-order chi connectivity index (χ0) is 12.1. The summed E-state index contributed by atoms with van der Waals surface area (Å²) in [4.78, 5) is 2.59. The molecule has 4 unspecified atom stereocenters. The molecule has 0 heterocycles. The van der Waals surface area contributed by atoms with Crippen molar-refractivity contribution in [3.63, 3.8) is 0 Å². The Morgan fingerprint density at radius 1 is 1.38 bits per heavy atom. The van der Waals surface area contributed by atoms with Gasteiger partial charge in [-0.2, -0.15) is 0 Å². The summed E-state index contributed by atoms with van der Waals surface area (Å²) in [6.45, 7) is 8.26. The molecule has 2 heteroatoms. The van der Waals surface area contributed by atoms with Crippen molar-refractivity contribution in [3.8, 4) is 0 Å². The van der Waals surface area contributed by atoms with Crippen molar-refractivity contribution in [1.29, 1.82) is 0 Å². The number of nitrogens with one attached hydrogen (secondary N) is 1. The van der Waals surface area contributed by atoms with E-state index in [1.54, 1.807) is 0 Å². The fourth-order valence-electron chi connectivity index (χ4n) is 2.90. The lowest BCUT2D eigenvalue weighted by molar-refractivity contribution is 0.175. The smallest absolute Gasteiger partial charge is 0.0243 e. The summed E-state index contributed by atoms with van der Waals surface area (Å²) >= 11 is 0. The van der Waals surface area contributed by atoms with Crippen molar-refractivity contribution in [2.45, 2.75) is 58.5 Å². The second-order valence-corrected chi connectivity index (χ2v) is 5.57. The van der Waals surface area contributed by atoms with E-state index >= 15 is 0 Å². The van der Waals surface area contributed by atoms with Crippen LogP contribution in [-0.2, 0) is 0 Å². The standard InChI is InChI=1S/C14H30N2/c1-6-8-13(15-4)14(7-2)16(5)10-12-9-11(12)3/h11-15H,6-10H2,1-5H3. The first-order chi connectivity index (χ1) is 7.63. The van der Waals surface area contributed by atoms with Crippen LogP contribution in [0.15, 0.2) is 0 Å². The SMILES string of the molecule is CCCC(NC)C(CC)N(C)CC1CC1C. The molecule has 96 valence electrons. The summed E-state index contributed by atoms with van der Waals surface area (Å²) in [6, 6.07) is 1.37. The van der Waals surface area contributed by atoms with Gasteiger partial charge in [0.05, 0.1) is 0 Å². The third-order valence-electron chi connectivity index (χ3n) is 4.22. The van der Waals surface area contributed by atoms with Crippen molar-refractivity contribution in [1.82, 2.24) is 10.2 Å². The molecule has 0 bridgehead atoms. The Bertz CT molecular complexity index is 193. The predicted molar refractivity (Wildman–Crippen MR) is 71.7 cm³/mol. The molecule has 2 nitrogen and oxygen atoms in total. The lowest BCUT2D eigenvalue weighted by atomic mass is 9.99. The monoisotopic (exact) mass is 226 g/mol. The first kappa shape index (κ1) is 14.0. The van der Waals surface area contributed by atoms with E-state index in [9.17, 15) is 0 Å². The first-order valence-electron chi connectivity index (χ1n) is 7.01. The Kier molecular flexibility index (Phi) is 5.77. The van der Waals surface area contributed by atoms with Crippen LogP contribution in [0.1, 0.15) is 46.5 Å². The minimum atomic E-state index is 0.661. The quantitative estimate of drug-likeness (QED) is 0.684. The Hall–Kier alpha value is -0.0800. The van der Waals surface area contributed by atoms with E-state index in [0.717, 1.165) is 11.8 Å². The van der Waals surface area contributed by atoms with Gasteiger partial charge in [-0.3, -0.25) is 0 Å². The molecule has 0 aliphatic heterocycles. The van der Waals surface area contributed by atoms with E-state index < -0.39 is 0 Å². The van der Waals surface area contributed by atoms with Gasteiger partial charge in [0.1, 0.15) is 0 Å². The summed E-state index contributed by atoms with van der Waals surface area (Å²) < 4.78 is 0. The van der Waals surface area contributed by atoms with E-state index in [-0.39, 0.29) is 0 Å². The Labute approximate surface area is 102 Å². The molecular weight excluding hydrogens is 196 g/mol. The molecule has 0 aromatic carbocycles. The van der Waals surface area contributed by atoms with Gasteiger partial charge < -0.3 is 10.2 Å². The maximum absolute atomic E-state index is 3.50. The summed E-state index contributed by atoms with van der Waals surface area (Å²) in [6.07, 6.45) is 5.26. The van der Waals surface area contributed by atoms with Crippen LogP contribution < -0.4 is 5.32 Å². The van der Waals surface area contributed by atoms with Gasteiger partial charge in [-0.1, -0.05) is 27.2 Å². The molecule has 1 saturated carbocycles. The zero-order valence-electron chi connectivity index (χ0n) is 11.8. The average molecular weight is 226 g/mol. The van der Waals surface area contributed by atoms with Crippen LogP contribution in [0.2, 0.25) is 0 Å². The maximum atomic E-state index is 3.50. The molecule has 0 spiro atoms.